The van der Waals surface area contributed by atoms with Crippen LogP contribution in [-0.2, 0) is 18.3 Å². The van der Waals surface area contributed by atoms with Crippen molar-refractivity contribution in [2.45, 2.75) is 46.1 Å². The van der Waals surface area contributed by atoms with Crippen molar-refractivity contribution in [2.75, 3.05) is 44.8 Å². The molecule has 8 nitrogen and oxygen atoms in total. The maximum atomic E-state index is 5.64. The number of halogens is 1. The number of aromatic nitrogens is 3. The Labute approximate surface area is 210 Å². The predicted octanol–water partition coefficient (Wildman–Crippen LogP) is 3.51. The molecule has 2 aromatic rings. The first-order valence-corrected chi connectivity index (χ1v) is 11.3. The third-order valence-corrected chi connectivity index (χ3v) is 5.12. The fourth-order valence-corrected chi connectivity index (χ4v) is 2.98. The zero-order chi connectivity index (χ0) is 22.3. The van der Waals surface area contributed by atoms with E-state index in [2.05, 4.69) is 64.0 Å². The number of rotatable bonds is 14. The lowest BCUT2D eigenvalue weighted by molar-refractivity contribution is 0.129. The summed E-state index contributed by atoms with van der Waals surface area (Å²) in [5.41, 5.74) is 1.23. The maximum Gasteiger partial charge on any atom is 0.191 e. The molecule has 0 aliphatic rings. The van der Waals surface area contributed by atoms with Crippen molar-refractivity contribution in [3.8, 4) is 0 Å². The van der Waals surface area contributed by atoms with Crippen LogP contribution in [0.1, 0.15) is 44.3 Å². The average Bonchev–Trinajstić information content (AvgIpc) is 3.11. The van der Waals surface area contributed by atoms with Crippen LogP contribution in [0, 0.1) is 6.92 Å². The smallest absolute Gasteiger partial charge is 0.191 e. The quantitative estimate of drug-likeness (QED) is 0.160. The fraction of sp³-hybridized carbons (Fsp3) is 0.609. The zero-order valence-corrected chi connectivity index (χ0v) is 22.3. The summed E-state index contributed by atoms with van der Waals surface area (Å²) in [6.45, 7) is 8.85. The molecule has 0 radical (unpaired) electrons. The molecule has 0 saturated heterocycles. The van der Waals surface area contributed by atoms with Gasteiger partial charge in [-0.05, 0) is 38.3 Å². The average molecular weight is 558 g/mol. The first-order valence-electron chi connectivity index (χ1n) is 11.3. The highest BCUT2D eigenvalue weighted by Crippen LogP contribution is 2.10. The first kappa shape index (κ1) is 28.2. The van der Waals surface area contributed by atoms with Crippen molar-refractivity contribution < 1.29 is 4.74 Å². The van der Waals surface area contributed by atoms with Gasteiger partial charge in [-0.2, -0.15) is 0 Å². The molecule has 0 spiro atoms. The summed E-state index contributed by atoms with van der Waals surface area (Å²) < 4.78 is 7.61. The van der Waals surface area contributed by atoms with Crippen LogP contribution < -0.4 is 15.5 Å². The molecule has 0 amide bonds. The molecule has 180 valence electrons. The van der Waals surface area contributed by atoms with Gasteiger partial charge < -0.3 is 24.8 Å². The lowest BCUT2D eigenvalue weighted by Crippen LogP contribution is -2.39. The molecular weight excluding hydrogens is 517 g/mol. The van der Waals surface area contributed by atoms with E-state index in [1.54, 1.807) is 0 Å². The van der Waals surface area contributed by atoms with E-state index in [0.717, 1.165) is 69.7 Å². The molecule has 0 unspecified atom stereocenters. The van der Waals surface area contributed by atoms with Crippen LogP contribution in [0.2, 0.25) is 0 Å². The summed E-state index contributed by atoms with van der Waals surface area (Å²) in [7, 11) is 4.09. The van der Waals surface area contributed by atoms with E-state index in [1.165, 1.54) is 12.1 Å². The largest absolute Gasteiger partial charge is 0.381 e. The van der Waals surface area contributed by atoms with E-state index in [1.807, 2.05) is 24.6 Å². The molecule has 0 bridgehead atoms. The number of nitrogens with zero attached hydrogens (tertiary/aromatic N) is 5. The Morgan fingerprint density at radius 2 is 1.75 bits per heavy atom. The van der Waals surface area contributed by atoms with E-state index in [0.29, 0.717) is 6.54 Å². The lowest BCUT2D eigenvalue weighted by Gasteiger charge is -2.19. The SMILES string of the molecule is CCCCOCCCNC(=NCc1nnc(C)n1C)NCCCN(C)c1ccccc1.I. The molecule has 1 aromatic carbocycles. The molecular formula is C23H40IN7O. The molecule has 2 N–H and O–H groups in total. The van der Waals surface area contributed by atoms with Gasteiger partial charge in [-0.3, -0.25) is 0 Å². The van der Waals surface area contributed by atoms with E-state index in [-0.39, 0.29) is 24.0 Å². The maximum absolute atomic E-state index is 5.64. The molecule has 2 rings (SSSR count). The number of para-hydroxylation sites is 1. The van der Waals surface area contributed by atoms with Gasteiger partial charge in [0, 0.05) is 52.6 Å². The highest BCUT2D eigenvalue weighted by atomic mass is 127. The van der Waals surface area contributed by atoms with Crippen LogP contribution in [0.25, 0.3) is 0 Å². The second-order valence-corrected chi connectivity index (χ2v) is 7.67. The van der Waals surface area contributed by atoms with Gasteiger partial charge in [0.1, 0.15) is 12.4 Å². The van der Waals surface area contributed by atoms with Crippen molar-refractivity contribution in [2.24, 2.45) is 12.0 Å². The van der Waals surface area contributed by atoms with Crippen molar-refractivity contribution in [3.63, 3.8) is 0 Å². The number of hydrogen-bond donors (Lipinski definition) is 2. The zero-order valence-electron chi connectivity index (χ0n) is 20.0. The lowest BCUT2D eigenvalue weighted by atomic mass is 10.3. The van der Waals surface area contributed by atoms with Gasteiger partial charge in [-0.15, -0.1) is 34.2 Å². The molecule has 0 aliphatic heterocycles. The topological polar surface area (TPSA) is 79.6 Å². The van der Waals surface area contributed by atoms with Gasteiger partial charge in [0.2, 0.25) is 0 Å². The Kier molecular flexibility index (Phi) is 14.7. The van der Waals surface area contributed by atoms with Gasteiger partial charge in [-0.25, -0.2) is 4.99 Å². The number of guanidine groups is 1. The molecule has 0 atom stereocenters. The number of benzene rings is 1. The molecule has 9 heteroatoms. The molecule has 0 aliphatic carbocycles. The Balaban J connectivity index is 0.00000512. The summed E-state index contributed by atoms with van der Waals surface area (Å²) in [6, 6.07) is 10.4. The van der Waals surface area contributed by atoms with E-state index in [9.17, 15) is 0 Å². The summed E-state index contributed by atoms with van der Waals surface area (Å²) in [4.78, 5) is 6.97. The number of nitrogens with one attached hydrogen (secondary N) is 2. The van der Waals surface area contributed by atoms with Crippen molar-refractivity contribution in [3.05, 3.63) is 42.0 Å². The molecule has 1 aromatic heterocycles. The Morgan fingerprint density at radius 3 is 2.41 bits per heavy atom. The van der Waals surface area contributed by atoms with E-state index < -0.39 is 0 Å². The van der Waals surface area contributed by atoms with Gasteiger partial charge in [0.25, 0.3) is 0 Å². The molecule has 0 saturated carbocycles. The van der Waals surface area contributed by atoms with Gasteiger partial charge >= 0.3 is 0 Å². The van der Waals surface area contributed by atoms with Crippen LogP contribution in [0.4, 0.5) is 5.69 Å². The number of unbranched alkanes of at least 4 members (excludes halogenated alkanes) is 1. The number of aryl methyl sites for hydroxylation is 1. The standard InChI is InChI=1S/C23H39N7O.HI/c1-5-6-17-31-18-11-15-25-23(26-19-22-28-27-20(2)30(22)4)24-14-10-16-29(3)21-12-8-7-9-13-21;/h7-9,12-13H,5-6,10-11,14-19H2,1-4H3,(H2,24,25,26);1H. The summed E-state index contributed by atoms with van der Waals surface area (Å²) in [5.74, 6) is 2.54. The van der Waals surface area contributed by atoms with E-state index >= 15 is 0 Å². The molecule has 0 fully saturated rings. The number of aliphatic imine (C=N–C) groups is 1. The van der Waals surface area contributed by atoms with Crippen molar-refractivity contribution in [1.29, 1.82) is 0 Å². The predicted molar refractivity (Wildman–Crippen MR) is 143 cm³/mol. The van der Waals surface area contributed by atoms with Crippen LogP contribution >= 0.6 is 24.0 Å². The minimum atomic E-state index is 0. The Hall–Kier alpha value is -1.88. The third kappa shape index (κ3) is 10.6. The number of ether oxygens (including phenoxy) is 1. The summed E-state index contributed by atoms with van der Waals surface area (Å²) in [6.07, 6.45) is 4.25. The van der Waals surface area contributed by atoms with Gasteiger partial charge in [0.15, 0.2) is 11.8 Å². The summed E-state index contributed by atoms with van der Waals surface area (Å²) >= 11 is 0. The molecule has 1 heterocycles. The van der Waals surface area contributed by atoms with Crippen LogP contribution in [-0.4, -0.2) is 60.6 Å². The monoisotopic (exact) mass is 557 g/mol. The first-order chi connectivity index (χ1) is 15.1. The normalized spacial score (nSPS) is 11.2. The highest BCUT2D eigenvalue weighted by molar-refractivity contribution is 14.0. The second kappa shape index (κ2) is 16.7. The van der Waals surface area contributed by atoms with E-state index in [4.69, 9.17) is 9.73 Å². The van der Waals surface area contributed by atoms with Crippen molar-refractivity contribution >= 4 is 35.6 Å². The van der Waals surface area contributed by atoms with Crippen LogP contribution in [0.3, 0.4) is 0 Å². The minimum absolute atomic E-state index is 0. The van der Waals surface area contributed by atoms with Crippen LogP contribution in [0.15, 0.2) is 35.3 Å². The minimum Gasteiger partial charge on any atom is -0.381 e. The third-order valence-electron chi connectivity index (χ3n) is 5.12. The van der Waals surface area contributed by atoms with Gasteiger partial charge in [-0.1, -0.05) is 31.5 Å². The Morgan fingerprint density at radius 1 is 1.06 bits per heavy atom. The highest BCUT2D eigenvalue weighted by Gasteiger charge is 2.06. The summed E-state index contributed by atoms with van der Waals surface area (Å²) in [5, 5.41) is 15.2. The number of anilines is 1. The fourth-order valence-electron chi connectivity index (χ4n) is 2.98. The molecule has 32 heavy (non-hydrogen) atoms. The van der Waals surface area contributed by atoms with Crippen molar-refractivity contribution in [1.82, 2.24) is 25.4 Å². The van der Waals surface area contributed by atoms with Crippen LogP contribution in [0.5, 0.6) is 0 Å². The van der Waals surface area contributed by atoms with Gasteiger partial charge in [0.05, 0.1) is 0 Å². The number of hydrogen-bond acceptors (Lipinski definition) is 5. The Bertz CT molecular complexity index is 767. The second-order valence-electron chi connectivity index (χ2n) is 7.67.